The zero-order chi connectivity index (χ0) is 12.7. The molecule has 0 bridgehead atoms. The van der Waals surface area contributed by atoms with Crippen LogP contribution in [0.4, 0.5) is 0 Å². The minimum atomic E-state index is 0.301. The Morgan fingerprint density at radius 2 is 2.18 bits per heavy atom. The molecule has 1 unspecified atom stereocenters. The van der Waals surface area contributed by atoms with Crippen molar-refractivity contribution < 1.29 is 4.74 Å². The lowest BCUT2D eigenvalue weighted by atomic mass is 9.88. The van der Waals surface area contributed by atoms with Crippen LogP contribution in [0.2, 0.25) is 0 Å². The van der Waals surface area contributed by atoms with Gasteiger partial charge in [0.2, 0.25) is 0 Å². The molecule has 1 atom stereocenters. The fourth-order valence-corrected chi connectivity index (χ4v) is 2.47. The fourth-order valence-electron chi connectivity index (χ4n) is 2.47. The first-order valence-corrected chi connectivity index (χ1v) is 7.11. The number of rotatable bonds is 7. The van der Waals surface area contributed by atoms with Crippen LogP contribution in [-0.2, 0) is 4.74 Å². The van der Waals surface area contributed by atoms with Crippen molar-refractivity contribution in [1.29, 1.82) is 0 Å². The fraction of sp³-hybridized carbons (Fsp3) is 1.00. The Labute approximate surface area is 107 Å². The summed E-state index contributed by atoms with van der Waals surface area (Å²) in [5.74, 6) is 0. The number of nitrogens with two attached hydrogens (primary N) is 1. The number of piperidine rings is 1. The maximum absolute atomic E-state index is 5.75. The molecule has 0 spiro atoms. The standard InChI is InChI=1S/C14H30N2O/c1-4-17-13-7-5-9-16(11-13)10-6-8-14(2,3)12-15/h13H,4-12,15H2,1-3H3. The van der Waals surface area contributed by atoms with Gasteiger partial charge < -0.3 is 15.4 Å². The molecule has 0 aromatic carbocycles. The molecule has 3 nitrogen and oxygen atoms in total. The number of ether oxygens (including phenoxy) is 1. The third-order valence-electron chi connectivity index (χ3n) is 3.75. The van der Waals surface area contributed by atoms with Crippen molar-refractivity contribution in [3.8, 4) is 0 Å². The molecule has 1 fully saturated rings. The summed E-state index contributed by atoms with van der Waals surface area (Å²) in [7, 11) is 0. The van der Waals surface area contributed by atoms with Gasteiger partial charge >= 0.3 is 0 Å². The second kappa shape index (κ2) is 7.34. The van der Waals surface area contributed by atoms with Gasteiger partial charge in [0.05, 0.1) is 6.10 Å². The second-order valence-corrected chi connectivity index (χ2v) is 5.99. The molecular formula is C14H30N2O. The van der Waals surface area contributed by atoms with Crippen LogP contribution >= 0.6 is 0 Å². The third-order valence-corrected chi connectivity index (χ3v) is 3.75. The quantitative estimate of drug-likeness (QED) is 0.744. The Bertz CT molecular complexity index is 204. The molecule has 1 saturated heterocycles. The molecule has 1 rings (SSSR count). The van der Waals surface area contributed by atoms with E-state index in [0.717, 1.165) is 19.7 Å². The average molecular weight is 242 g/mol. The van der Waals surface area contributed by atoms with Crippen molar-refractivity contribution in [2.75, 3.05) is 32.8 Å². The van der Waals surface area contributed by atoms with Crippen LogP contribution in [0.1, 0.15) is 46.5 Å². The van der Waals surface area contributed by atoms with Crippen molar-refractivity contribution in [2.45, 2.75) is 52.6 Å². The first-order chi connectivity index (χ1) is 8.07. The van der Waals surface area contributed by atoms with Gasteiger partial charge in [-0.25, -0.2) is 0 Å². The summed E-state index contributed by atoms with van der Waals surface area (Å²) < 4.78 is 5.72. The van der Waals surface area contributed by atoms with Crippen molar-refractivity contribution >= 4 is 0 Å². The summed E-state index contributed by atoms with van der Waals surface area (Å²) in [6.45, 7) is 11.8. The van der Waals surface area contributed by atoms with E-state index in [4.69, 9.17) is 10.5 Å². The summed E-state index contributed by atoms with van der Waals surface area (Å²) >= 11 is 0. The topological polar surface area (TPSA) is 38.5 Å². The molecule has 2 N–H and O–H groups in total. The summed E-state index contributed by atoms with van der Waals surface area (Å²) in [5.41, 5.74) is 6.05. The third kappa shape index (κ3) is 5.84. The first kappa shape index (κ1) is 14.9. The lowest BCUT2D eigenvalue weighted by molar-refractivity contribution is 0.00504. The first-order valence-electron chi connectivity index (χ1n) is 7.11. The van der Waals surface area contributed by atoms with E-state index in [1.54, 1.807) is 0 Å². The molecule has 3 heteroatoms. The van der Waals surface area contributed by atoms with E-state index in [1.807, 2.05) is 0 Å². The highest BCUT2D eigenvalue weighted by Gasteiger charge is 2.21. The molecule has 0 saturated carbocycles. The molecule has 0 aromatic heterocycles. The normalized spacial score (nSPS) is 22.9. The van der Waals surface area contributed by atoms with E-state index in [2.05, 4.69) is 25.7 Å². The molecule has 102 valence electrons. The summed E-state index contributed by atoms with van der Waals surface area (Å²) in [6, 6.07) is 0. The van der Waals surface area contributed by atoms with Gasteiger partial charge in [0, 0.05) is 13.2 Å². The van der Waals surface area contributed by atoms with E-state index in [9.17, 15) is 0 Å². The van der Waals surface area contributed by atoms with Crippen molar-refractivity contribution in [3.05, 3.63) is 0 Å². The lowest BCUT2D eigenvalue weighted by Gasteiger charge is -2.33. The number of nitrogens with zero attached hydrogens (tertiary/aromatic N) is 1. The molecule has 0 amide bonds. The highest BCUT2D eigenvalue weighted by molar-refractivity contribution is 4.75. The van der Waals surface area contributed by atoms with Crippen molar-refractivity contribution in [1.82, 2.24) is 4.90 Å². The molecule has 1 heterocycles. The smallest absolute Gasteiger partial charge is 0.0702 e. The zero-order valence-electron chi connectivity index (χ0n) is 11.9. The van der Waals surface area contributed by atoms with Crippen LogP contribution in [0.3, 0.4) is 0 Å². The summed E-state index contributed by atoms with van der Waals surface area (Å²) in [4.78, 5) is 2.55. The predicted octanol–water partition coefficient (Wildman–Crippen LogP) is 2.25. The lowest BCUT2D eigenvalue weighted by Crippen LogP contribution is -2.40. The minimum absolute atomic E-state index is 0.301. The number of likely N-dealkylation sites (tertiary alicyclic amines) is 1. The Morgan fingerprint density at radius 3 is 2.82 bits per heavy atom. The molecule has 0 aliphatic carbocycles. The summed E-state index contributed by atoms with van der Waals surface area (Å²) in [6.07, 6.45) is 5.46. The Balaban J connectivity index is 2.18. The molecule has 1 aliphatic rings. The van der Waals surface area contributed by atoms with Gasteiger partial charge in [-0.2, -0.15) is 0 Å². The van der Waals surface area contributed by atoms with Gasteiger partial charge in [-0.15, -0.1) is 0 Å². The monoisotopic (exact) mass is 242 g/mol. The highest BCUT2D eigenvalue weighted by Crippen LogP contribution is 2.21. The van der Waals surface area contributed by atoms with Crippen LogP contribution in [0.25, 0.3) is 0 Å². The SMILES string of the molecule is CCOC1CCCN(CCCC(C)(C)CN)C1. The van der Waals surface area contributed by atoms with Crippen LogP contribution < -0.4 is 5.73 Å². The van der Waals surface area contributed by atoms with Crippen LogP contribution in [0.15, 0.2) is 0 Å². The molecule has 0 aromatic rings. The number of hydrogen-bond donors (Lipinski definition) is 1. The van der Waals surface area contributed by atoms with Gasteiger partial charge in [0.25, 0.3) is 0 Å². The Hall–Kier alpha value is -0.120. The molecule has 17 heavy (non-hydrogen) atoms. The van der Waals surface area contributed by atoms with E-state index in [0.29, 0.717) is 11.5 Å². The van der Waals surface area contributed by atoms with E-state index < -0.39 is 0 Å². The largest absolute Gasteiger partial charge is 0.377 e. The Kier molecular flexibility index (Phi) is 6.45. The average Bonchev–Trinajstić information content (AvgIpc) is 2.30. The highest BCUT2D eigenvalue weighted by atomic mass is 16.5. The van der Waals surface area contributed by atoms with E-state index >= 15 is 0 Å². The van der Waals surface area contributed by atoms with Crippen LogP contribution in [-0.4, -0.2) is 43.8 Å². The predicted molar refractivity (Wildman–Crippen MR) is 73.2 cm³/mol. The van der Waals surface area contributed by atoms with Gasteiger partial charge in [-0.3, -0.25) is 0 Å². The second-order valence-electron chi connectivity index (χ2n) is 5.99. The summed E-state index contributed by atoms with van der Waals surface area (Å²) in [5, 5.41) is 0. The number of hydrogen-bond acceptors (Lipinski definition) is 3. The molecule has 1 aliphatic heterocycles. The molecular weight excluding hydrogens is 212 g/mol. The Morgan fingerprint density at radius 1 is 1.41 bits per heavy atom. The molecule has 0 radical (unpaired) electrons. The van der Waals surface area contributed by atoms with Gasteiger partial charge in [0.1, 0.15) is 0 Å². The van der Waals surface area contributed by atoms with Crippen molar-refractivity contribution in [2.24, 2.45) is 11.1 Å². The van der Waals surface area contributed by atoms with Crippen LogP contribution in [0.5, 0.6) is 0 Å². The zero-order valence-corrected chi connectivity index (χ0v) is 11.9. The van der Waals surface area contributed by atoms with E-state index in [1.165, 1.54) is 38.8 Å². The maximum atomic E-state index is 5.75. The minimum Gasteiger partial charge on any atom is -0.377 e. The van der Waals surface area contributed by atoms with Gasteiger partial charge in [-0.1, -0.05) is 13.8 Å². The van der Waals surface area contributed by atoms with Gasteiger partial charge in [-0.05, 0) is 57.7 Å². The van der Waals surface area contributed by atoms with E-state index in [-0.39, 0.29) is 0 Å². The maximum Gasteiger partial charge on any atom is 0.0702 e. The van der Waals surface area contributed by atoms with Crippen molar-refractivity contribution in [3.63, 3.8) is 0 Å². The van der Waals surface area contributed by atoms with Crippen LogP contribution in [0, 0.1) is 5.41 Å². The van der Waals surface area contributed by atoms with Gasteiger partial charge in [0.15, 0.2) is 0 Å².